The predicted molar refractivity (Wildman–Crippen MR) is 180 cm³/mol. The quantitative estimate of drug-likeness (QED) is 0.127. The summed E-state index contributed by atoms with van der Waals surface area (Å²) in [5, 5.41) is 46.3. The van der Waals surface area contributed by atoms with Crippen LogP contribution in [0, 0.1) is 11.6 Å². The molecular weight excluding hydrogens is 654 g/mol. The third-order valence-electron chi connectivity index (χ3n) is 8.20. The fraction of sp³-hybridized carbons (Fsp3) is 0.222. The molecule has 0 aliphatic heterocycles. The van der Waals surface area contributed by atoms with Gasteiger partial charge in [-0.05, 0) is 76.7 Å². The Hall–Kier alpha value is -5.86. The van der Waals surface area contributed by atoms with E-state index in [1.54, 1.807) is 12.1 Å². The van der Waals surface area contributed by atoms with Crippen LogP contribution in [0.5, 0.6) is 23.0 Å². The van der Waals surface area contributed by atoms with E-state index >= 15 is 0 Å². The number of nitrogens with one attached hydrogen (secondary N) is 2. The van der Waals surface area contributed by atoms with Crippen LogP contribution in [0.2, 0.25) is 0 Å². The van der Waals surface area contributed by atoms with Crippen LogP contribution in [0.15, 0.2) is 48.5 Å². The van der Waals surface area contributed by atoms with Crippen LogP contribution in [-0.2, 0) is 0 Å². The molecule has 14 heteroatoms. The summed E-state index contributed by atoms with van der Waals surface area (Å²) in [5.41, 5.74) is -1.36. The van der Waals surface area contributed by atoms with Crippen LogP contribution < -0.4 is 10.6 Å². The number of likely N-dealkylation sites (N-methyl/N-ethyl adjacent to an activating group) is 2. The molecule has 50 heavy (non-hydrogen) atoms. The molecule has 0 unspecified atom stereocenters. The molecule has 0 saturated heterocycles. The lowest BCUT2D eigenvalue weighted by Gasteiger charge is -2.25. The van der Waals surface area contributed by atoms with Crippen molar-refractivity contribution in [3.63, 3.8) is 0 Å². The third kappa shape index (κ3) is 6.33. The molecule has 6 N–H and O–H groups in total. The van der Waals surface area contributed by atoms with Crippen LogP contribution >= 0.6 is 0 Å². The Balaban J connectivity index is 0.000000210. The highest BCUT2D eigenvalue weighted by molar-refractivity contribution is 6.33. The number of carbonyl (C=O) groups excluding carboxylic acids is 4. The molecule has 6 rings (SSSR count). The van der Waals surface area contributed by atoms with Crippen molar-refractivity contribution in [2.75, 3.05) is 65.0 Å². The minimum Gasteiger partial charge on any atom is -0.507 e. The van der Waals surface area contributed by atoms with Crippen molar-refractivity contribution in [3.05, 3.63) is 105 Å². The van der Waals surface area contributed by atoms with Crippen molar-refractivity contribution < 1.29 is 48.4 Å². The SMILES string of the molecule is CN(C)CCNc1ccc(NCCN(C)C)c2c1C(=O)c1c(O)ccc(O)c1C2=O.O=C1c2c(O)ccc(O)c2C(=O)c2c(F)ccc(F)c21. The molecule has 12 nitrogen and oxygen atoms in total. The Morgan fingerprint density at radius 3 is 1.02 bits per heavy atom. The fourth-order valence-corrected chi connectivity index (χ4v) is 5.77. The molecule has 2 aliphatic rings. The van der Waals surface area contributed by atoms with Gasteiger partial charge in [0.05, 0.1) is 44.5 Å². The van der Waals surface area contributed by atoms with E-state index in [0.29, 0.717) is 24.5 Å². The summed E-state index contributed by atoms with van der Waals surface area (Å²) in [7, 11) is 7.78. The maximum absolute atomic E-state index is 13.7. The number of carbonyl (C=O) groups is 4. The van der Waals surface area contributed by atoms with Gasteiger partial charge < -0.3 is 40.9 Å². The standard InChI is InChI=1S/C22H28N4O4.C14H6F2O4/c1-25(2)11-9-23-13-5-6-14(24-10-12-26(3)4)18-17(13)21(29)19-15(27)7-8-16(28)20(19)22(18)30;15-5-1-2-6(16)10-9(5)13(19)11-7(17)3-4-8(18)12(11)14(10)20/h5-8,23-24,27-28H,9-12H2,1-4H3;1-4,17-18H. The number of fused-ring (bicyclic) bond motifs is 4. The fourth-order valence-electron chi connectivity index (χ4n) is 5.77. The molecule has 4 aromatic rings. The largest absolute Gasteiger partial charge is 0.507 e. The molecule has 4 aromatic carbocycles. The molecule has 2 aliphatic carbocycles. The van der Waals surface area contributed by atoms with Gasteiger partial charge in [-0.3, -0.25) is 19.2 Å². The highest BCUT2D eigenvalue weighted by atomic mass is 19.1. The molecule has 0 heterocycles. The van der Waals surface area contributed by atoms with Crippen LogP contribution in [0.3, 0.4) is 0 Å². The van der Waals surface area contributed by atoms with Gasteiger partial charge in [-0.1, -0.05) is 0 Å². The number of hydrogen-bond acceptors (Lipinski definition) is 12. The van der Waals surface area contributed by atoms with E-state index < -0.39 is 68.5 Å². The van der Waals surface area contributed by atoms with E-state index in [1.807, 2.05) is 38.0 Å². The Bertz CT molecular complexity index is 1870. The van der Waals surface area contributed by atoms with Crippen molar-refractivity contribution in [3.8, 4) is 23.0 Å². The first-order chi connectivity index (χ1) is 23.6. The number of phenolic OH excluding ortho intramolecular Hbond substituents is 4. The van der Waals surface area contributed by atoms with Gasteiger partial charge in [0.25, 0.3) is 0 Å². The van der Waals surface area contributed by atoms with E-state index in [-0.39, 0.29) is 33.8 Å². The summed E-state index contributed by atoms with van der Waals surface area (Å²) in [6, 6.07) is 9.44. The highest BCUT2D eigenvalue weighted by Crippen LogP contribution is 2.43. The lowest BCUT2D eigenvalue weighted by Crippen LogP contribution is -2.27. The first-order valence-corrected chi connectivity index (χ1v) is 15.4. The number of anilines is 2. The van der Waals surface area contributed by atoms with Gasteiger partial charge in [0.2, 0.25) is 23.1 Å². The number of benzene rings is 4. The first-order valence-electron chi connectivity index (χ1n) is 15.4. The van der Waals surface area contributed by atoms with Gasteiger partial charge in [-0.2, -0.15) is 0 Å². The van der Waals surface area contributed by atoms with Crippen molar-refractivity contribution in [2.45, 2.75) is 0 Å². The summed E-state index contributed by atoms with van der Waals surface area (Å²) in [4.78, 5) is 55.1. The third-order valence-corrected chi connectivity index (χ3v) is 8.20. The second-order valence-electron chi connectivity index (χ2n) is 12.2. The van der Waals surface area contributed by atoms with E-state index in [4.69, 9.17) is 0 Å². The smallest absolute Gasteiger partial charge is 0.201 e. The minimum absolute atomic E-state index is 0.159. The van der Waals surface area contributed by atoms with E-state index in [0.717, 1.165) is 37.4 Å². The lowest BCUT2D eigenvalue weighted by molar-refractivity contribution is 0.0967. The number of hydrogen-bond donors (Lipinski definition) is 6. The van der Waals surface area contributed by atoms with Gasteiger partial charge in [-0.15, -0.1) is 0 Å². The number of aromatic hydroxyl groups is 4. The van der Waals surface area contributed by atoms with Crippen molar-refractivity contribution in [1.29, 1.82) is 0 Å². The number of phenols is 4. The maximum atomic E-state index is 13.7. The van der Waals surface area contributed by atoms with Crippen molar-refractivity contribution in [1.82, 2.24) is 9.80 Å². The second-order valence-corrected chi connectivity index (χ2v) is 12.2. The number of ketones is 4. The molecule has 0 aromatic heterocycles. The zero-order valence-corrected chi connectivity index (χ0v) is 27.5. The number of nitrogens with zero attached hydrogens (tertiary/aromatic N) is 2. The minimum atomic E-state index is -1.06. The van der Waals surface area contributed by atoms with Crippen LogP contribution in [0.25, 0.3) is 0 Å². The highest BCUT2D eigenvalue weighted by Gasteiger charge is 2.39. The van der Waals surface area contributed by atoms with Gasteiger partial charge in [0.1, 0.15) is 34.6 Å². The maximum Gasteiger partial charge on any atom is 0.201 e. The Labute approximate surface area is 285 Å². The monoisotopic (exact) mass is 688 g/mol. The Kier molecular flexibility index (Phi) is 9.88. The molecule has 0 fully saturated rings. The summed E-state index contributed by atoms with van der Waals surface area (Å²) in [6.07, 6.45) is 0. The lowest BCUT2D eigenvalue weighted by atomic mass is 9.81. The second kappa shape index (κ2) is 13.9. The zero-order chi connectivity index (χ0) is 36.6. The molecule has 0 amide bonds. The van der Waals surface area contributed by atoms with Gasteiger partial charge in [-0.25, -0.2) is 8.78 Å². The Morgan fingerprint density at radius 1 is 0.460 bits per heavy atom. The molecule has 260 valence electrons. The normalized spacial score (nSPS) is 13.0. The van der Waals surface area contributed by atoms with E-state index in [9.17, 15) is 48.4 Å². The first kappa shape index (κ1) is 35.4. The summed E-state index contributed by atoms with van der Waals surface area (Å²) in [5.74, 6) is -6.99. The molecule has 0 atom stereocenters. The molecule has 0 spiro atoms. The number of rotatable bonds is 8. The average Bonchev–Trinajstić information content (AvgIpc) is 3.05. The number of halogens is 2. The van der Waals surface area contributed by atoms with Crippen LogP contribution in [-0.4, -0.2) is 108 Å². The average molecular weight is 689 g/mol. The van der Waals surface area contributed by atoms with Gasteiger partial charge >= 0.3 is 0 Å². The van der Waals surface area contributed by atoms with Crippen LogP contribution in [0.1, 0.15) is 63.7 Å². The summed E-state index contributed by atoms with van der Waals surface area (Å²) < 4.78 is 27.4. The van der Waals surface area contributed by atoms with Gasteiger partial charge in [0, 0.05) is 37.6 Å². The van der Waals surface area contributed by atoms with E-state index in [1.165, 1.54) is 12.1 Å². The topological polar surface area (TPSA) is 180 Å². The van der Waals surface area contributed by atoms with E-state index in [2.05, 4.69) is 10.6 Å². The Morgan fingerprint density at radius 2 is 0.740 bits per heavy atom. The zero-order valence-electron chi connectivity index (χ0n) is 27.5. The van der Waals surface area contributed by atoms with Crippen molar-refractivity contribution >= 4 is 34.5 Å². The molecule has 0 radical (unpaired) electrons. The van der Waals surface area contributed by atoms with Crippen molar-refractivity contribution in [2.24, 2.45) is 0 Å². The summed E-state index contributed by atoms with van der Waals surface area (Å²) in [6.45, 7) is 2.63. The summed E-state index contributed by atoms with van der Waals surface area (Å²) >= 11 is 0. The molecule has 0 bridgehead atoms. The van der Waals surface area contributed by atoms with Gasteiger partial charge in [0.15, 0.2) is 0 Å². The van der Waals surface area contributed by atoms with Crippen LogP contribution in [0.4, 0.5) is 20.2 Å². The predicted octanol–water partition coefficient (Wildman–Crippen LogP) is 3.97. The molecular formula is C36H34F2N4O8. The molecule has 0 saturated carbocycles.